The quantitative estimate of drug-likeness (QED) is 0.325. The second kappa shape index (κ2) is 11.4. The smallest absolute Gasteiger partial charge is 0.265 e. The van der Waals surface area contributed by atoms with Crippen molar-refractivity contribution in [2.45, 2.75) is 64.8 Å². The Kier molecular flexibility index (Phi) is 8.13. The molecule has 43 heavy (non-hydrogen) atoms. The van der Waals surface area contributed by atoms with Crippen LogP contribution in [0.4, 0.5) is 10.1 Å². The standard InChI is InChI=1S/C30H38FN5O7/c1-29(2,14-37)24(35-25(38)15-7-8-42-13-15)28(41)36-12-18-22(30(18,3)4)23(36)27(40)33-17(11-32)10-21-26(39)34-19-9-16(31)5-6-20(19)43-21/h5-6,9,15,17-18,21-24,37H,7-8,10,12-14H2,1-4H3,(H,33,40)(H,34,39)(H,35,38)/t15-,17?,18+,21+,22+,23+,24?/m1/s1. The zero-order chi connectivity index (χ0) is 31.3. The van der Waals surface area contributed by atoms with Crippen LogP contribution >= 0.6 is 0 Å². The lowest BCUT2D eigenvalue weighted by molar-refractivity contribution is -0.147. The third-order valence-corrected chi connectivity index (χ3v) is 9.47. The topological polar surface area (TPSA) is 170 Å². The van der Waals surface area contributed by atoms with Gasteiger partial charge in [-0.2, -0.15) is 5.26 Å². The van der Waals surface area contributed by atoms with Crippen LogP contribution in [0, 0.1) is 45.7 Å². The predicted octanol–water partition coefficient (Wildman–Crippen LogP) is 0.946. The van der Waals surface area contributed by atoms with E-state index in [-0.39, 0.29) is 60.8 Å². The Morgan fingerprint density at radius 3 is 2.67 bits per heavy atom. The molecule has 3 heterocycles. The first kappa shape index (κ1) is 30.7. The number of fused-ring (bicyclic) bond motifs is 2. The Labute approximate surface area is 249 Å². The van der Waals surface area contributed by atoms with Crippen LogP contribution in [0.25, 0.3) is 0 Å². The van der Waals surface area contributed by atoms with Crippen molar-refractivity contribution in [3.05, 3.63) is 24.0 Å². The monoisotopic (exact) mass is 599 g/mol. The number of hydrogen-bond donors (Lipinski definition) is 4. The Morgan fingerprint density at radius 2 is 2.02 bits per heavy atom. The van der Waals surface area contributed by atoms with E-state index in [2.05, 4.69) is 16.0 Å². The maximum absolute atomic E-state index is 14.1. The van der Waals surface area contributed by atoms with E-state index in [0.29, 0.717) is 13.0 Å². The van der Waals surface area contributed by atoms with Gasteiger partial charge in [0.1, 0.15) is 29.7 Å². The molecule has 7 atom stereocenters. The number of carbonyl (C=O) groups is 4. The van der Waals surface area contributed by atoms with Gasteiger partial charge in [0, 0.05) is 31.1 Å². The van der Waals surface area contributed by atoms with E-state index < -0.39 is 59.1 Å². The molecule has 13 heteroatoms. The molecule has 0 bridgehead atoms. The summed E-state index contributed by atoms with van der Waals surface area (Å²) >= 11 is 0. The Hall–Kier alpha value is -3.76. The molecule has 3 fully saturated rings. The molecular weight excluding hydrogens is 561 g/mol. The van der Waals surface area contributed by atoms with Gasteiger partial charge in [0.05, 0.1) is 30.9 Å². The molecule has 1 aliphatic carbocycles. The van der Waals surface area contributed by atoms with E-state index in [0.717, 1.165) is 6.07 Å². The van der Waals surface area contributed by atoms with E-state index in [1.165, 1.54) is 17.0 Å². The van der Waals surface area contributed by atoms with Crippen molar-refractivity contribution < 1.29 is 38.1 Å². The number of aliphatic hydroxyl groups is 1. The van der Waals surface area contributed by atoms with Crippen molar-refractivity contribution in [3.63, 3.8) is 0 Å². The predicted molar refractivity (Wildman–Crippen MR) is 150 cm³/mol. The number of anilines is 1. The summed E-state index contributed by atoms with van der Waals surface area (Å²) in [6.45, 7) is 7.98. The third kappa shape index (κ3) is 5.78. The average molecular weight is 600 g/mol. The van der Waals surface area contributed by atoms with E-state index in [1.807, 2.05) is 19.9 Å². The van der Waals surface area contributed by atoms with Crippen LogP contribution in [0.2, 0.25) is 0 Å². The number of rotatable bonds is 9. The lowest BCUT2D eigenvalue weighted by atomic mass is 9.83. The molecule has 4 N–H and O–H groups in total. The zero-order valence-corrected chi connectivity index (χ0v) is 24.7. The van der Waals surface area contributed by atoms with Crippen molar-refractivity contribution in [2.24, 2.45) is 28.6 Å². The Balaban J connectivity index is 1.32. The first-order chi connectivity index (χ1) is 20.3. The van der Waals surface area contributed by atoms with Crippen molar-refractivity contribution in [3.8, 4) is 11.8 Å². The van der Waals surface area contributed by atoms with Crippen molar-refractivity contribution in [1.29, 1.82) is 5.26 Å². The number of amides is 4. The van der Waals surface area contributed by atoms with Crippen molar-refractivity contribution in [2.75, 3.05) is 31.7 Å². The lowest BCUT2D eigenvalue weighted by Crippen LogP contribution is -2.61. The summed E-state index contributed by atoms with van der Waals surface area (Å²) in [6.07, 6.45) is -0.762. The molecule has 1 aromatic rings. The summed E-state index contributed by atoms with van der Waals surface area (Å²) < 4.78 is 24.6. The minimum Gasteiger partial charge on any atom is -0.478 e. The first-order valence-corrected chi connectivity index (χ1v) is 14.5. The summed E-state index contributed by atoms with van der Waals surface area (Å²) in [5.74, 6) is -2.80. The molecule has 0 radical (unpaired) electrons. The number of ether oxygens (including phenoxy) is 2. The van der Waals surface area contributed by atoms with Gasteiger partial charge in [0.2, 0.25) is 17.7 Å². The Bertz CT molecular complexity index is 1350. The molecule has 232 valence electrons. The largest absolute Gasteiger partial charge is 0.478 e. The van der Waals surface area contributed by atoms with Crippen LogP contribution in [-0.4, -0.2) is 84.2 Å². The number of halogens is 1. The van der Waals surface area contributed by atoms with Crippen LogP contribution in [0.1, 0.15) is 40.5 Å². The molecule has 0 aromatic heterocycles. The lowest BCUT2D eigenvalue weighted by Gasteiger charge is -2.39. The van der Waals surface area contributed by atoms with Crippen molar-refractivity contribution >= 4 is 29.3 Å². The fourth-order valence-electron chi connectivity index (χ4n) is 6.56. The number of nitrogens with one attached hydrogen (secondary N) is 3. The summed E-state index contributed by atoms with van der Waals surface area (Å²) in [5.41, 5.74) is -1.08. The van der Waals surface area contributed by atoms with Gasteiger partial charge < -0.3 is 35.4 Å². The molecule has 2 unspecified atom stereocenters. The van der Waals surface area contributed by atoms with Gasteiger partial charge in [0.15, 0.2) is 6.10 Å². The molecule has 1 saturated carbocycles. The van der Waals surface area contributed by atoms with Crippen LogP contribution in [0.3, 0.4) is 0 Å². The fourth-order valence-corrected chi connectivity index (χ4v) is 6.56. The van der Waals surface area contributed by atoms with E-state index >= 15 is 0 Å². The molecule has 0 spiro atoms. The average Bonchev–Trinajstić information content (AvgIpc) is 3.42. The minimum absolute atomic E-state index is 0.0360. The number of piperidine rings is 1. The van der Waals surface area contributed by atoms with Crippen LogP contribution in [0.15, 0.2) is 18.2 Å². The summed E-state index contributed by atoms with van der Waals surface area (Å²) in [4.78, 5) is 55.0. The zero-order valence-electron chi connectivity index (χ0n) is 24.7. The van der Waals surface area contributed by atoms with E-state index in [4.69, 9.17) is 9.47 Å². The number of nitriles is 1. The summed E-state index contributed by atoms with van der Waals surface area (Å²) in [6, 6.07) is 2.54. The van der Waals surface area contributed by atoms with Crippen LogP contribution in [-0.2, 0) is 23.9 Å². The SMILES string of the molecule is CC(C)(CO)C(NC(=O)[C@@H]1CCOC1)C(=O)N1C[C@H]2[C@@H]([C@H]1C(=O)NC(C#N)C[C@@H]1Oc3ccc(F)cc3NC1=O)C2(C)C. The molecular formula is C30H38FN5O7. The highest BCUT2D eigenvalue weighted by Gasteiger charge is 2.70. The Morgan fingerprint density at radius 1 is 1.28 bits per heavy atom. The molecule has 2 saturated heterocycles. The molecule has 12 nitrogen and oxygen atoms in total. The number of nitrogens with zero attached hydrogens (tertiary/aromatic N) is 2. The number of hydrogen-bond acceptors (Lipinski definition) is 8. The van der Waals surface area contributed by atoms with Gasteiger partial charge in [-0.15, -0.1) is 0 Å². The molecule has 3 aliphatic heterocycles. The summed E-state index contributed by atoms with van der Waals surface area (Å²) in [5, 5.41) is 28.1. The van der Waals surface area contributed by atoms with Gasteiger partial charge in [-0.25, -0.2) is 4.39 Å². The second-order valence-corrected chi connectivity index (χ2v) is 13.2. The number of aliphatic hydroxyl groups excluding tert-OH is 1. The third-order valence-electron chi connectivity index (χ3n) is 9.47. The maximum Gasteiger partial charge on any atom is 0.265 e. The number of benzene rings is 1. The molecule has 4 aliphatic rings. The summed E-state index contributed by atoms with van der Waals surface area (Å²) in [7, 11) is 0. The van der Waals surface area contributed by atoms with Crippen molar-refractivity contribution in [1.82, 2.24) is 15.5 Å². The maximum atomic E-state index is 14.1. The minimum atomic E-state index is -1.13. The van der Waals surface area contributed by atoms with Gasteiger partial charge in [0.25, 0.3) is 5.91 Å². The van der Waals surface area contributed by atoms with Gasteiger partial charge >= 0.3 is 0 Å². The van der Waals surface area contributed by atoms with Gasteiger partial charge in [-0.1, -0.05) is 27.7 Å². The molecule has 4 amide bonds. The number of likely N-dealkylation sites (tertiary alicyclic amines) is 1. The highest BCUT2D eigenvalue weighted by atomic mass is 19.1. The number of carbonyl (C=O) groups excluding carboxylic acids is 4. The normalized spacial score (nSPS) is 28.3. The van der Waals surface area contributed by atoms with Gasteiger partial charge in [-0.05, 0) is 35.8 Å². The molecule has 5 rings (SSSR count). The molecule has 1 aromatic carbocycles. The highest BCUT2D eigenvalue weighted by Crippen LogP contribution is 2.65. The second-order valence-electron chi connectivity index (χ2n) is 13.2. The fraction of sp³-hybridized carbons (Fsp3) is 0.633. The van der Waals surface area contributed by atoms with Crippen LogP contribution < -0.4 is 20.7 Å². The van der Waals surface area contributed by atoms with E-state index in [1.54, 1.807) is 13.8 Å². The van der Waals surface area contributed by atoms with Crippen LogP contribution in [0.5, 0.6) is 5.75 Å². The van der Waals surface area contributed by atoms with E-state index in [9.17, 15) is 33.9 Å². The van der Waals surface area contributed by atoms with Gasteiger partial charge in [-0.3, -0.25) is 19.2 Å². The highest BCUT2D eigenvalue weighted by molar-refractivity contribution is 5.98. The first-order valence-electron chi connectivity index (χ1n) is 14.5.